The van der Waals surface area contributed by atoms with Gasteiger partial charge >= 0.3 is 0 Å². The van der Waals surface area contributed by atoms with Crippen LogP contribution in [0.2, 0.25) is 0 Å². The van der Waals surface area contributed by atoms with E-state index in [1.807, 2.05) is 6.07 Å². The average Bonchev–Trinajstić information content (AvgIpc) is 2.59. The molecular formula is C10H14ClNO. The number of rotatable bonds is 2. The number of halogens is 1. The van der Waals surface area contributed by atoms with Gasteiger partial charge in [0.1, 0.15) is 6.23 Å². The minimum atomic E-state index is 0. The first kappa shape index (κ1) is 10.5. The Labute approximate surface area is 84.7 Å². The quantitative estimate of drug-likeness (QED) is 0.782. The molecule has 1 fully saturated rings. The van der Waals surface area contributed by atoms with Crippen LogP contribution in [-0.4, -0.2) is 19.4 Å². The highest BCUT2D eigenvalue weighted by Crippen LogP contribution is 2.06. The highest BCUT2D eigenvalue weighted by Gasteiger charge is 2.13. The lowest BCUT2D eigenvalue weighted by molar-refractivity contribution is 0.102. The standard InChI is InChI=1S/C10H13NO.ClH/c1-2-4-9(5-3-1)8-10-11-6-7-12-10;/h1-5,10-11H,6-8H2;1H. The summed E-state index contributed by atoms with van der Waals surface area (Å²) in [7, 11) is 0. The van der Waals surface area contributed by atoms with Crippen molar-refractivity contribution in [2.75, 3.05) is 13.2 Å². The Morgan fingerprint density at radius 3 is 2.69 bits per heavy atom. The average molecular weight is 200 g/mol. The lowest BCUT2D eigenvalue weighted by Crippen LogP contribution is -2.24. The number of hydrogen-bond donors (Lipinski definition) is 1. The highest BCUT2D eigenvalue weighted by atomic mass is 35.5. The van der Waals surface area contributed by atoms with Crippen molar-refractivity contribution in [1.29, 1.82) is 0 Å². The molecule has 1 aromatic carbocycles. The lowest BCUT2D eigenvalue weighted by atomic mass is 10.1. The van der Waals surface area contributed by atoms with Crippen LogP contribution in [0, 0.1) is 0 Å². The summed E-state index contributed by atoms with van der Waals surface area (Å²) in [5.74, 6) is 0. The van der Waals surface area contributed by atoms with Crippen LogP contribution >= 0.6 is 12.4 Å². The molecule has 1 unspecified atom stereocenters. The molecule has 72 valence electrons. The topological polar surface area (TPSA) is 21.3 Å². The maximum atomic E-state index is 5.45. The summed E-state index contributed by atoms with van der Waals surface area (Å²) in [5, 5.41) is 3.28. The van der Waals surface area contributed by atoms with Crippen molar-refractivity contribution >= 4 is 12.4 Å². The molecule has 0 amide bonds. The lowest BCUT2D eigenvalue weighted by Gasteiger charge is -2.08. The van der Waals surface area contributed by atoms with E-state index < -0.39 is 0 Å². The Bertz CT molecular complexity index is 234. The summed E-state index contributed by atoms with van der Waals surface area (Å²) in [5.41, 5.74) is 1.33. The number of hydrogen-bond acceptors (Lipinski definition) is 2. The second-order valence-electron chi connectivity index (χ2n) is 3.00. The van der Waals surface area contributed by atoms with Crippen LogP contribution in [0.4, 0.5) is 0 Å². The third-order valence-electron chi connectivity index (χ3n) is 2.06. The van der Waals surface area contributed by atoms with Gasteiger partial charge in [0.05, 0.1) is 6.61 Å². The van der Waals surface area contributed by atoms with Gasteiger partial charge in [0.2, 0.25) is 0 Å². The molecule has 1 aliphatic rings. The second kappa shape index (κ2) is 5.22. The molecule has 0 aliphatic carbocycles. The molecule has 1 atom stereocenters. The predicted octanol–water partition coefficient (Wildman–Crippen LogP) is 1.60. The fourth-order valence-electron chi connectivity index (χ4n) is 1.44. The molecule has 2 nitrogen and oxygen atoms in total. The Morgan fingerprint density at radius 1 is 1.31 bits per heavy atom. The van der Waals surface area contributed by atoms with Gasteiger partial charge in [-0.3, -0.25) is 5.32 Å². The van der Waals surface area contributed by atoms with Gasteiger partial charge in [-0.15, -0.1) is 12.4 Å². The molecule has 0 spiro atoms. The van der Waals surface area contributed by atoms with Crippen LogP contribution in [0.25, 0.3) is 0 Å². The maximum Gasteiger partial charge on any atom is 0.112 e. The number of ether oxygens (including phenoxy) is 1. The fraction of sp³-hybridized carbons (Fsp3) is 0.400. The molecule has 13 heavy (non-hydrogen) atoms. The van der Waals surface area contributed by atoms with Gasteiger partial charge < -0.3 is 4.74 Å². The molecule has 3 heteroatoms. The first-order valence-corrected chi connectivity index (χ1v) is 4.34. The van der Waals surface area contributed by atoms with Gasteiger partial charge in [-0.05, 0) is 5.56 Å². The van der Waals surface area contributed by atoms with E-state index in [0.717, 1.165) is 19.6 Å². The van der Waals surface area contributed by atoms with Crippen molar-refractivity contribution < 1.29 is 4.74 Å². The fourth-order valence-corrected chi connectivity index (χ4v) is 1.44. The Balaban J connectivity index is 0.000000845. The van der Waals surface area contributed by atoms with E-state index in [4.69, 9.17) is 4.74 Å². The minimum absolute atomic E-state index is 0. The normalized spacial score (nSPS) is 21.1. The summed E-state index contributed by atoms with van der Waals surface area (Å²) in [6, 6.07) is 10.4. The van der Waals surface area contributed by atoms with E-state index in [1.165, 1.54) is 5.56 Å². The first-order chi connectivity index (χ1) is 5.95. The van der Waals surface area contributed by atoms with Crippen LogP contribution in [-0.2, 0) is 11.2 Å². The van der Waals surface area contributed by atoms with Gasteiger partial charge in [-0.2, -0.15) is 0 Å². The summed E-state index contributed by atoms with van der Waals surface area (Å²) < 4.78 is 5.45. The molecule has 1 aliphatic heterocycles. The molecule has 1 N–H and O–H groups in total. The Hall–Kier alpha value is -0.570. The second-order valence-corrected chi connectivity index (χ2v) is 3.00. The molecule has 0 saturated carbocycles. The predicted molar refractivity (Wildman–Crippen MR) is 55.1 cm³/mol. The summed E-state index contributed by atoms with van der Waals surface area (Å²) >= 11 is 0. The van der Waals surface area contributed by atoms with E-state index in [2.05, 4.69) is 29.6 Å². The van der Waals surface area contributed by atoms with Gasteiger partial charge in [0, 0.05) is 13.0 Å². The number of benzene rings is 1. The van der Waals surface area contributed by atoms with E-state index in [0.29, 0.717) is 0 Å². The van der Waals surface area contributed by atoms with Crippen LogP contribution in [0.15, 0.2) is 30.3 Å². The molecule has 1 aromatic rings. The summed E-state index contributed by atoms with van der Waals surface area (Å²) in [6.45, 7) is 1.83. The van der Waals surface area contributed by atoms with Crippen molar-refractivity contribution in [3.8, 4) is 0 Å². The third kappa shape index (κ3) is 2.99. The van der Waals surface area contributed by atoms with Crippen LogP contribution < -0.4 is 5.32 Å². The van der Waals surface area contributed by atoms with Crippen molar-refractivity contribution in [2.45, 2.75) is 12.6 Å². The molecule has 0 bridgehead atoms. The van der Waals surface area contributed by atoms with Crippen molar-refractivity contribution in [3.05, 3.63) is 35.9 Å². The Morgan fingerprint density at radius 2 is 2.08 bits per heavy atom. The maximum absolute atomic E-state index is 5.45. The minimum Gasteiger partial charge on any atom is -0.362 e. The zero-order chi connectivity index (χ0) is 8.23. The largest absolute Gasteiger partial charge is 0.362 e. The van der Waals surface area contributed by atoms with E-state index in [-0.39, 0.29) is 18.6 Å². The van der Waals surface area contributed by atoms with Crippen molar-refractivity contribution in [2.24, 2.45) is 0 Å². The molecule has 1 heterocycles. The first-order valence-electron chi connectivity index (χ1n) is 4.34. The zero-order valence-corrected chi connectivity index (χ0v) is 8.22. The summed E-state index contributed by atoms with van der Waals surface area (Å²) in [6.07, 6.45) is 1.20. The number of nitrogens with one attached hydrogen (secondary N) is 1. The summed E-state index contributed by atoms with van der Waals surface area (Å²) in [4.78, 5) is 0. The van der Waals surface area contributed by atoms with E-state index in [1.54, 1.807) is 0 Å². The molecule has 1 saturated heterocycles. The van der Waals surface area contributed by atoms with Crippen LogP contribution in [0.5, 0.6) is 0 Å². The van der Waals surface area contributed by atoms with Crippen LogP contribution in [0.1, 0.15) is 5.56 Å². The third-order valence-corrected chi connectivity index (χ3v) is 2.06. The van der Waals surface area contributed by atoms with E-state index >= 15 is 0 Å². The Kier molecular flexibility index (Phi) is 4.22. The molecular weight excluding hydrogens is 186 g/mol. The van der Waals surface area contributed by atoms with Gasteiger partial charge in [-0.1, -0.05) is 30.3 Å². The molecule has 0 aromatic heterocycles. The van der Waals surface area contributed by atoms with Gasteiger partial charge in [0.15, 0.2) is 0 Å². The molecule has 2 rings (SSSR count). The molecule has 0 radical (unpaired) electrons. The van der Waals surface area contributed by atoms with Crippen molar-refractivity contribution in [3.63, 3.8) is 0 Å². The highest BCUT2D eigenvalue weighted by molar-refractivity contribution is 5.85. The monoisotopic (exact) mass is 199 g/mol. The van der Waals surface area contributed by atoms with E-state index in [9.17, 15) is 0 Å². The van der Waals surface area contributed by atoms with Gasteiger partial charge in [0.25, 0.3) is 0 Å². The van der Waals surface area contributed by atoms with Crippen LogP contribution in [0.3, 0.4) is 0 Å². The smallest absolute Gasteiger partial charge is 0.112 e. The SMILES string of the molecule is Cl.c1ccc(CC2NCCO2)cc1. The van der Waals surface area contributed by atoms with Crippen molar-refractivity contribution in [1.82, 2.24) is 5.32 Å². The van der Waals surface area contributed by atoms with Gasteiger partial charge in [-0.25, -0.2) is 0 Å². The zero-order valence-electron chi connectivity index (χ0n) is 7.40.